The largest absolute Gasteiger partial charge is 0.493 e. The summed E-state index contributed by atoms with van der Waals surface area (Å²) in [4.78, 5) is 13.5. The van der Waals surface area contributed by atoms with Crippen LogP contribution in [-0.2, 0) is 11.3 Å². The van der Waals surface area contributed by atoms with Gasteiger partial charge in [-0.3, -0.25) is 9.80 Å². The molecule has 2 rings (SSSR count). The second kappa shape index (κ2) is 11.3. The Hall–Kier alpha value is -1.75. The summed E-state index contributed by atoms with van der Waals surface area (Å²) >= 11 is 6.15. The zero-order valence-corrected chi connectivity index (χ0v) is 16.4. The molecule has 11 heteroatoms. The van der Waals surface area contributed by atoms with Crippen molar-refractivity contribution >= 4 is 17.6 Å². The lowest BCUT2D eigenvalue weighted by Crippen LogP contribution is -2.46. The van der Waals surface area contributed by atoms with Crippen LogP contribution in [0.3, 0.4) is 0 Å². The van der Waals surface area contributed by atoms with E-state index in [0.29, 0.717) is 10.8 Å². The SMILES string of the molecule is COc1cc(Cl)cc(CN2CCN(CCO)CC2)c1OC.O=C(O)C(F)(F)F. The van der Waals surface area contributed by atoms with Crippen molar-refractivity contribution in [3.05, 3.63) is 22.7 Å². The third kappa shape index (κ3) is 7.70. The second-order valence-electron chi connectivity index (χ2n) is 5.94. The minimum atomic E-state index is -5.08. The van der Waals surface area contributed by atoms with Crippen molar-refractivity contribution in [2.24, 2.45) is 0 Å². The first-order chi connectivity index (χ1) is 13.1. The average Bonchev–Trinajstić information content (AvgIpc) is 2.63. The fourth-order valence-corrected chi connectivity index (χ4v) is 2.91. The summed E-state index contributed by atoms with van der Waals surface area (Å²) in [6, 6.07) is 3.70. The van der Waals surface area contributed by atoms with Gasteiger partial charge < -0.3 is 19.7 Å². The van der Waals surface area contributed by atoms with Gasteiger partial charge in [0.2, 0.25) is 0 Å². The number of halogens is 4. The van der Waals surface area contributed by atoms with Gasteiger partial charge in [0.05, 0.1) is 20.8 Å². The van der Waals surface area contributed by atoms with E-state index < -0.39 is 12.1 Å². The predicted molar refractivity (Wildman–Crippen MR) is 97.0 cm³/mol. The summed E-state index contributed by atoms with van der Waals surface area (Å²) in [6.07, 6.45) is -5.08. The Morgan fingerprint density at radius 1 is 1.14 bits per heavy atom. The fraction of sp³-hybridized carbons (Fsp3) is 0.588. The van der Waals surface area contributed by atoms with E-state index in [1.165, 1.54) is 0 Å². The molecule has 1 aromatic rings. The molecule has 0 amide bonds. The van der Waals surface area contributed by atoms with Gasteiger partial charge in [-0.05, 0) is 6.07 Å². The molecule has 1 heterocycles. The Labute approximate surface area is 166 Å². The van der Waals surface area contributed by atoms with E-state index in [1.807, 2.05) is 6.07 Å². The molecule has 0 aliphatic carbocycles. The lowest BCUT2D eigenvalue weighted by Gasteiger charge is -2.34. The summed E-state index contributed by atoms with van der Waals surface area (Å²) in [6.45, 7) is 5.64. The molecule has 2 N–H and O–H groups in total. The first-order valence-corrected chi connectivity index (χ1v) is 8.76. The topological polar surface area (TPSA) is 82.5 Å². The van der Waals surface area contributed by atoms with E-state index in [9.17, 15) is 13.2 Å². The van der Waals surface area contributed by atoms with Crippen molar-refractivity contribution in [2.45, 2.75) is 12.7 Å². The van der Waals surface area contributed by atoms with E-state index in [0.717, 1.165) is 50.6 Å². The first-order valence-electron chi connectivity index (χ1n) is 8.38. The molecule has 160 valence electrons. The van der Waals surface area contributed by atoms with Gasteiger partial charge in [-0.15, -0.1) is 0 Å². The average molecular weight is 429 g/mol. The quantitative estimate of drug-likeness (QED) is 0.718. The van der Waals surface area contributed by atoms with Crippen LogP contribution in [0.25, 0.3) is 0 Å². The van der Waals surface area contributed by atoms with Crippen molar-refractivity contribution in [3.8, 4) is 11.5 Å². The number of hydrogen-bond acceptors (Lipinski definition) is 6. The number of aliphatic hydroxyl groups excluding tert-OH is 1. The van der Waals surface area contributed by atoms with Crippen LogP contribution in [0, 0.1) is 0 Å². The fourth-order valence-electron chi connectivity index (χ4n) is 2.68. The van der Waals surface area contributed by atoms with E-state index in [4.69, 9.17) is 36.1 Å². The molecule has 0 bridgehead atoms. The highest BCUT2D eigenvalue weighted by molar-refractivity contribution is 6.30. The standard InChI is InChI=1S/C15H23ClN2O3.C2HF3O2/c1-20-14-10-13(16)9-12(15(14)21-2)11-18-5-3-17(4-6-18)7-8-19;3-2(4,5)1(6)7/h9-10,19H,3-8,11H2,1-2H3;(H,6,7). The normalized spacial score (nSPS) is 15.5. The minimum absolute atomic E-state index is 0.222. The number of ether oxygens (including phenoxy) is 2. The maximum Gasteiger partial charge on any atom is 0.490 e. The number of carbonyl (C=O) groups is 1. The third-order valence-corrected chi connectivity index (χ3v) is 4.26. The van der Waals surface area contributed by atoms with Crippen molar-refractivity contribution in [3.63, 3.8) is 0 Å². The molecule has 0 saturated carbocycles. The number of β-amino-alcohol motifs (C(OH)–C–C–N with tert-alkyl or cyclic N) is 1. The molecule has 0 unspecified atom stereocenters. The van der Waals surface area contributed by atoms with Crippen molar-refractivity contribution in [1.29, 1.82) is 0 Å². The van der Waals surface area contributed by atoms with Crippen LogP contribution in [0.4, 0.5) is 13.2 Å². The molecule has 1 fully saturated rings. The van der Waals surface area contributed by atoms with Gasteiger partial charge in [-0.25, -0.2) is 4.79 Å². The van der Waals surface area contributed by atoms with E-state index in [-0.39, 0.29) is 6.61 Å². The molecule has 0 atom stereocenters. The van der Waals surface area contributed by atoms with Gasteiger partial charge in [-0.1, -0.05) is 11.6 Å². The molecular formula is C17H24ClF3N2O5. The first kappa shape index (κ1) is 24.3. The monoisotopic (exact) mass is 428 g/mol. The van der Waals surface area contributed by atoms with Gasteiger partial charge in [0, 0.05) is 55.9 Å². The number of rotatable bonds is 6. The molecule has 0 radical (unpaired) electrons. The van der Waals surface area contributed by atoms with Crippen LogP contribution < -0.4 is 9.47 Å². The van der Waals surface area contributed by atoms with Crippen molar-refractivity contribution < 1.29 is 37.7 Å². The Balaban J connectivity index is 0.000000480. The number of aliphatic carboxylic acids is 1. The zero-order valence-electron chi connectivity index (χ0n) is 15.6. The number of carboxylic acid groups (broad SMARTS) is 1. The Morgan fingerprint density at radius 3 is 2.11 bits per heavy atom. The Morgan fingerprint density at radius 2 is 1.68 bits per heavy atom. The maximum atomic E-state index is 10.6. The Bertz CT molecular complexity index is 638. The number of hydrogen-bond donors (Lipinski definition) is 2. The van der Waals surface area contributed by atoms with E-state index >= 15 is 0 Å². The molecule has 0 aromatic heterocycles. The number of carboxylic acids is 1. The van der Waals surface area contributed by atoms with Gasteiger partial charge in [0.1, 0.15) is 0 Å². The van der Waals surface area contributed by atoms with Crippen LogP contribution >= 0.6 is 11.6 Å². The van der Waals surface area contributed by atoms with Crippen molar-refractivity contribution in [2.75, 3.05) is 53.6 Å². The van der Waals surface area contributed by atoms with Gasteiger partial charge in [0.15, 0.2) is 11.5 Å². The highest BCUT2D eigenvalue weighted by Gasteiger charge is 2.38. The van der Waals surface area contributed by atoms with Crippen LogP contribution in [-0.4, -0.2) is 85.7 Å². The highest BCUT2D eigenvalue weighted by Crippen LogP contribution is 2.35. The van der Waals surface area contributed by atoms with Crippen LogP contribution in [0.2, 0.25) is 5.02 Å². The molecule has 28 heavy (non-hydrogen) atoms. The molecule has 1 aliphatic rings. The van der Waals surface area contributed by atoms with Crippen molar-refractivity contribution in [1.82, 2.24) is 9.80 Å². The van der Waals surface area contributed by atoms with Crippen LogP contribution in [0.5, 0.6) is 11.5 Å². The second-order valence-corrected chi connectivity index (χ2v) is 6.38. The third-order valence-electron chi connectivity index (χ3n) is 4.04. The van der Waals surface area contributed by atoms with Gasteiger partial charge >= 0.3 is 12.1 Å². The molecule has 1 saturated heterocycles. The maximum absolute atomic E-state index is 10.6. The smallest absolute Gasteiger partial charge is 0.490 e. The van der Waals surface area contributed by atoms with Crippen LogP contribution in [0.15, 0.2) is 12.1 Å². The Kier molecular flexibility index (Phi) is 9.80. The summed E-state index contributed by atoms with van der Waals surface area (Å²) in [7, 11) is 3.26. The number of aliphatic hydroxyl groups is 1. The predicted octanol–water partition coefficient (Wildman–Crippen LogP) is 2.10. The minimum Gasteiger partial charge on any atom is -0.493 e. The molecule has 7 nitrogen and oxygen atoms in total. The van der Waals surface area contributed by atoms with Crippen LogP contribution in [0.1, 0.15) is 5.56 Å². The number of alkyl halides is 3. The van der Waals surface area contributed by atoms with Gasteiger partial charge in [-0.2, -0.15) is 13.2 Å². The number of piperazine rings is 1. The number of methoxy groups -OCH3 is 2. The highest BCUT2D eigenvalue weighted by atomic mass is 35.5. The summed E-state index contributed by atoms with van der Waals surface area (Å²) in [5.74, 6) is -1.34. The number of benzene rings is 1. The van der Waals surface area contributed by atoms with E-state index in [1.54, 1.807) is 20.3 Å². The lowest BCUT2D eigenvalue weighted by molar-refractivity contribution is -0.192. The molecular weight excluding hydrogens is 405 g/mol. The molecule has 0 spiro atoms. The molecule has 1 aromatic carbocycles. The summed E-state index contributed by atoms with van der Waals surface area (Å²) in [5.41, 5.74) is 1.04. The number of nitrogens with zero attached hydrogens (tertiary/aromatic N) is 2. The summed E-state index contributed by atoms with van der Waals surface area (Å²) < 4.78 is 42.5. The lowest BCUT2D eigenvalue weighted by atomic mass is 10.1. The molecule has 1 aliphatic heterocycles. The zero-order chi connectivity index (χ0) is 21.3. The van der Waals surface area contributed by atoms with E-state index in [2.05, 4.69) is 9.80 Å². The summed E-state index contributed by atoms with van der Waals surface area (Å²) in [5, 5.41) is 16.8. The van der Waals surface area contributed by atoms with Gasteiger partial charge in [0.25, 0.3) is 0 Å².